The van der Waals surface area contributed by atoms with Crippen molar-refractivity contribution in [3.63, 3.8) is 0 Å². The monoisotopic (exact) mass is 627 g/mol. The van der Waals surface area contributed by atoms with Gasteiger partial charge in [-0.05, 0) is 59.5 Å². The third-order valence-electron chi connectivity index (χ3n) is 7.46. The van der Waals surface area contributed by atoms with Crippen LogP contribution >= 0.6 is 11.6 Å². The number of hydrogen-bond donors (Lipinski definition) is 0. The number of amides is 1. The van der Waals surface area contributed by atoms with E-state index in [1.807, 2.05) is 0 Å². The van der Waals surface area contributed by atoms with Crippen molar-refractivity contribution in [1.82, 2.24) is 28.8 Å². The van der Waals surface area contributed by atoms with Gasteiger partial charge in [0, 0.05) is 40.8 Å². The average Bonchev–Trinajstić information content (AvgIpc) is 3.43. The first-order valence-electron chi connectivity index (χ1n) is 14.7. The Balaban J connectivity index is 1.63. The predicted molar refractivity (Wildman–Crippen MR) is 156 cm³/mol. The SMILES string of the molecule is [2H]C([2H])([2H])N1CCc2c(ccc(Cl)c2-c2cc(OC)c3c(=O)n(Cc4ncn(C)n4)c(=O)n(Cc4cc(F)c(F)c(F)c4)c3c2)C1=O. The highest BCUT2D eigenvalue weighted by Gasteiger charge is 2.27. The molecule has 0 aliphatic carbocycles. The molecule has 226 valence electrons. The summed E-state index contributed by atoms with van der Waals surface area (Å²) in [5.74, 6) is -5.22. The Labute approximate surface area is 256 Å². The second-order valence-corrected chi connectivity index (χ2v) is 10.6. The fourth-order valence-electron chi connectivity index (χ4n) is 5.44. The Morgan fingerprint density at radius 1 is 1.05 bits per heavy atom. The third-order valence-corrected chi connectivity index (χ3v) is 7.77. The summed E-state index contributed by atoms with van der Waals surface area (Å²) >= 11 is 6.67. The summed E-state index contributed by atoms with van der Waals surface area (Å²) in [5.41, 5.74) is -0.635. The lowest BCUT2D eigenvalue weighted by molar-refractivity contribution is 0.0781. The Morgan fingerprint density at radius 2 is 1.80 bits per heavy atom. The van der Waals surface area contributed by atoms with E-state index < -0.39 is 48.1 Å². The summed E-state index contributed by atoms with van der Waals surface area (Å²) in [6, 6.07) is 7.27. The minimum Gasteiger partial charge on any atom is -0.496 e. The van der Waals surface area contributed by atoms with E-state index in [1.54, 1.807) is 7.05 Å². The number of likely N-dealkylation sites (N-methyl/N-ethyl adjacent to an activating group) is 1. The van der Waals surface area contributed by atoms with Crippen molar-refractivity contribution in [3.8, 4) is 16.9 Å². The first-order valence-corrected chi connectivity index (χ1v) is 13.5. The molecule has 0 spiro atoms. The molecule has 6 rings (SSSR count). The highest BCUT2D eigenvalue weighted by molar-refractivity contribution is 6.34. The number of carbonyl (C=O) groups is 1. The zero-order valence-electron chi connectivity index (χ0n) is 26.2. The summed E-state index contributed by atoms with van der Waals surface area (Å²) in [6.45, 7) is -3.65. The molecule has 0 unspecified atom stereocenters. The highest BCUT2D eigenvalue weighted by Crippen LogP contribution is 2.39. The van der Waals surface area contributed by atoms with Gasteiger partial charge < -0.3 is 9.64 Å². The van der Waals surface area contributed by atoms with Crippen molar-refractivity contribution >= 4 is 28.4 Å². The molecule has 0 saturated carbocycles. The van der Waals surface area contributed by atoms with Gasteiger partial charge in [-0.3, -0.25) is 23.4 Å². The van der Waals surface area contributed by atoms with Gasteiger partial charge in [0.2, 0.25) is 0 Å². The van der Waals surface area contributed by atoms with E-state index in [0.29, 0.717) is 16.7 Å². The van der Waals surface area contributed by atoms with E-state index in [1.165, 1.54) is 42.4 Å². The fourth-order valence-corrected chi connectivity index (χ4v) is 5.72. The van der Waals surface area contributed by atoms with Gasteiger partial charge in [0.15, 0.2) is 23.3 Å². The summed E-state index contributed by atoms with van der Waals surface area (Å²) in [4.78, 5) is 46.0. The summed E-state index contributed by atoms with van der Waals surface area (Å²) in [6.07, 6.45) is 1.50. The zero-order chi connectivity index (χ0) is 33.9. The van der Waals surface area contributed by atoms with Crippen LogP contribution in [0.4, 0.5) is 13.2 Å². The quantitative estimate of drug-likeness (QED) is 0.266. The molecule has 0 atom stereocenters. The maximum atomic E-state index is 14.3. The maximum absolute atomic E-state index is 14.3. The smallest absolute Gasteiger partial charge is 0.332 e. The molecular weight excluding hydrogens is 601 g/mol. The van der Waals surface area contributed by atoms with E-state index in [-0.39, 0.29) is 58.1 Å². The lowest BCUT2D eigenvalue weighted by Crippen LogP contribution is -2.41. The predicted octanol–water partition coefficient (Wildman–Crippen LogP) is 3.76. The average molecular weight is 628 g/mol. The van der Waals surface area contributed by atoms with E-state index in [0.717, 1.165) is 26.2 Å². The highest BCUT2D eigenvalue weighted by atomic mass is 35.5. The van der Waals surface area contributed by atoms with Gasteiger partial charge in [0.1, 0.15) is 17.5 Å². The van der Waals surface area contributed by atoms with E-state index in [2.05, 4.69) is 10.1 Å². The summed E-state index contributed by atoms with van der Waals surface area (Å²) in [7, 11) is 2.89. The largest absolute Gasteiger partial charge is 0.496 e. The number of carbonyl (C=O) groups excluding carboxylic acids is 1. The maximum Gasteiger partial charge on any atom is 0.332 e. The van der Waals surface area contributed by atoms with Crippen LogP contribution in [0, 0.1) is 17.5 Å². The number of hydrogen-bond acceptors (Lipinski definition) is 6. The van der Waals surface area contributed by atoms with Gasteiger partial charge in [-0.2, -0.15) is 5.10 Å². The molecule has 1 amide bonds. The van der Waals surface area contributed by atoms with Gasteiger partial charge in [-0.1, -0.05) is 11.6 Å². The molecule has 44 heavy (non-hydrogen) atoms. The van der Waals surface area contributed by atoms with Gasteiger partial charge >= 0.3 is 5.69 Å². The van der Waals surface area contributed by atoms with Crippen molar-refractivity contribution in [2.45, 2.75) is 19.5 Å². The molecule has 1 aliphatic heterocycles. The van der Waals surface area contributed by atoms with Crippen LogP contribution < -0.4 is 16.0 Å². The molecule has 0 radical (unpaired) electrons. The molecule has 0 fully saturated rings. The van der Waals surface area contributed by atoms with E-state index >= 15 is 0 Å². The number of ether oxygens (including phenoxy) is 1. The lowest BCUT2D eigenvalue weighted by atomic mass is 9.89. The number of aromatic nitrogens is 5. The molecule has 0 bridgehead atoms. The van der Waals surface area contributed by atoms with Crippen LogP contribution in [0.5, 0.6) is 5.75 Å². The third kappa shape index (κ3) is 4.82. The minimum atomic E-state index is -2.67. The molecule has 2 aromatic heterocycles. The number of aryl methyl sites for hydroxylation is 1. The first kappa shape index (κ1) is 25.6. The van der Waals surface area contributed by atoms with Crippen molar-refractivity contribution in [2.24, 2.45) is 7.05 Å². The van der Waals surface area contributed by atoms with Crippen molar-refractivity contribution in [1.29, 1.82) is 0 Å². The van der Waals surface area contributed by atoms with Gasteiger partial charge in [-0.25, -0.2) is 22.9 Å². The normalized spacial score (nSPS) is 14.4. The number of nitrogens with zero attached hydrogens (tertiary/aromatic N) is 6. The number of benzene rings is 3. The zero-order valence-corrected chi connectivity index (χ0v) is 24.0. The topological polar surface area (TPSA) is 104 Å². The molecule has 5 aromatic rings. The second-order valence-electron chi connectivity index (χ2n) is 10.2. The van der Waals surface area contributed by atoms with Gasteiger partial charge in [0.05, 0.1) is 25.7 Å². The number of halogens is 4. The number of rotatable bonds is 6. The van der Waals surface area contributed by atoms with Crippen LogP contribution in [0.15, 0.2) is 52.3 Å². The molecular formula is C30H24ClF3N6O4. The van der Waals surface area contributed by atoms with E-state index in [4.69, 9.17) is 20.5 Å². The molecule has 0 saturated heterocycles. The Bertz CT molecular complexity index is 2210. The Morgan fingerprint density at radius 3 is 2.45 bits per heavy atom. The molecule has 14 heteroatoms. The number of methoxy groups -OCH3 is 1. The molecule has 1 aliphatic rings. The molecule has 3 aromatic carbocycles. The van der Waals surface area contributed by atoms with Crippen LogP contribution in [0.3, 0.4) is 0 Å². The van der Waals surface area contributed by atoms with Crippen LogP contribution in [0.1, 0.15) is 31.4 Å². The Hall–Kier alpha value is -4.91. The first-order chi connectivity index (χ1) is 22.2. The van der Waals surface area contributed by atoms with Crippen molar-refractivity contribution < 1.29 is 26.8 Å². The minimum absolute atomic E-state index is 0.00429. The van der Waals surface area contributed by atoms with Gasteiger partial charge in [-0.15, -0.1) is 0 Å². The molecule has 3 heterocycles. The number of fused-ring (bicyclic) bond motifs is 2. The van der Waals surface area contributed by atoms with Crippen molar-refractivity contribution in [3.05, 3.63) is 109 Å². The molecule has 0 N–H and O–H groups in total. The van der Waals surface area contributed by atoms with Crippen LogP contribution in [0.25, 0.3) is 22.0 Å². The molecule has 10 nitrogen and oxygen atoms in total. The van der Waals surface area contributed by atoms with Crippen LogP contribution in [-0.2, 0) is 26.6 Å². The van der Waals surface area contributed by atoms with Crippen molar-refractivity contribution in [2.75, 3.05) is 20.6 Å². The standard InChI is InChI=1S/C30H24ClF3N6O4/c1-37-7-6-17-18(28(37)41)4-5-19(31)25(17)16-10-22-26(23(11-16)44-3)29(42)40(13-24-35-14-38(2)36-24)30(43)39(22)12-15-8-20(32)27(34)21(33)9-15/h4-5,8-11,14H,6-7,12-13H2,1-3H3/i1D3. The van der Waals surface area contributed by atoms with Crippen LogP contribution in [0.2, 0.25) is 5.02 Å². The second kappa shape index (κ2) is 11.0. The Kier molecular flexibility index (Phi) is 6.38. The van der Waals surface area contributed by atoms with Crippen LogP contribution in [-0.4, -0.2) is 55.3 Å². The fraction of sp³-hybridized carbons (Fsp3) is 0.233. The van der Waals surface area contributed by atoms with E-state index in [9.17, 15) is 27.6 Å². The summed E-state index contributed by atoms with van der Waals surface area (Å²) in [5, 5.41) is 4.24. The lowest BCUT2D eigenvalue weighted by Gasteiger charge is -2.27. The van der Waals surface area contributed by atoms with Gasteiger partial charge in [0.25, 0.3) is 11.5 Å². The summed E-state index contributed by atoms with van der Waals surface area (Å²) < 4.78 is 74.5.